The number of carbonyl (C=O) groups excluding carboxylic acids is 1. The molecule has 0 heterocycles. The van der Waals surface area contributed by atoms with Crippen molar-refractivity contribution in [2.45, 2.75) is 38.1 Å². The van der Waals surface area contributed by atoms with E-state index in [4.69, 9.17) is 11.6 Å². The highest BCUT2D eigenvalue weighted by Gasteiger charge is 2.23. The molecule has 0 bridgehead atoms. The number of sulfonamides is 1. The van der Waals surface area contributed by atoms with Crippen LogP contribution >= 0.6 is 11.6 Å². The zero-order valence-corrected chi connectivity index (χ0v) is 14.9. The van der Waals surface area contributed by atoms with Gasteiger partial charge in [-0.3, -0.25) is 4.79 Å². The minimum Gasteiger partial charge on any atom is -0.352 e. The van der Waals surface area contributed by atoms with Gasteiger partial charge >= 0.3 is 0 Å². The molecule has 5 nitrogen and oxygen atoms in total. The van der Waals surface area contributed by atoms with Crippen LogP contribution in [0.15, 0.2) is 24.3 Å². The van der Waals surface area contributed by atoms with E-state index in [0.717, 1.165) is 37.5 Å². The third kappa shape index (κ3) is 6.12. The van der Waals surface area contributed by atoms with E-state index < -0.39 is 10.0 Å². The van der Waals surface area contributed by atoms with Crippen LogP contribution in [0.5, 0.6) is 0 Å². The fourth-order valence-electron chi connectivity index (χ4n) is 2.81. The fraction of sp³-hybridized carbons (Fsp3) is 0.562. The van der Waals surface area contributed by atoms with Crippen LogP contribution in [0, 0.1) is 0 Å². The fourth-order valence-corrected chi connectivity index (χ4v) is 3.80. The molecule has 0 atom stereocenters. The van der Waals surface area contributed by atoms with Crippen LogP contribution in [0.2, 0.25) is 5.02 Å². The molecule has 128 valence electrons. The molecule has 1 aliphatic carbocycles. The van der Waals surface area contributed by atoms with Gasteiger partial charge in [-0.05, 0) is 37.0 Å². The molecular weight excluding hydrogens is 336 g/mol. The van der Waals surface area contributed by atoms with Crippen molar-refractivity contribution < 1.29 is 13.2 Å². The number of hydrogen-bond donors (Lipinski definition) is 1. The highest BCUT2D eigenvalue weighted by Crippen LogP contribution is 2.17. The molecule has 1 aromatic carbocycles. The lowest BCUT2D eigenvalue weighted by Gasteiger charge is -2.21. The molecule has 1 aromatic rings. The second-order valence-corrected chi connectivity index (χ2v) is 8.44. The molecule has 0 aliphatic heterocycles. The van der Waals surface area contributed by atoms with Gasteiger partial charge in [0, 0.05) is 17.6 Å². The Labute approximate surface area is 143 Å². The van der Waals surface area contributed by atoms with Gasteiger partial charge in [0.15, 0.2) is 0 Å². The third-order valence-electron chi connectivity index (χ3n) is 4.05. The smallest absolute Gasteiger partial charge is 0.235 e. The van der Waals surface area contributed by atoms with Gasteiger partial charge in [-0.25, -0.2) is 8.42 Å². The first-order valence-corrected chi connectivity index (χ1v) is 10.1. The van der Waals surface area contributed by atoms with Gasteiger partial charge in [0.1, 0.15) is 0 Å². The SMILES string of the molecule is CS(=O)(=O)N(CCc1cccc(Cl)c1)CC(=O)NC1CCCC1. The van der Waals surface area contributed by atoms with Crippen molar-refractivity contribution in [3.63, 3.8) is 0 Å². The molecule has 1 aliphatic rings. The molecule has 2 rings (SSSR count). The average molecular weight is 359 g/mol. The zero-order chi connectivity index (χ0) is 16.9. The maximum atomic E-state index is 12.1. The van der Waals surface area contributed by atoms with E-state index in [-0.39, 0.29) is 25.0 Å². The molecule has 23 heavy (non-hydrogen) atoms. The Kier molecular flexibility index (Phi) is 6.44. The summed E-state index contributed by atoms with van der Waals surface area (Å²) in [6.45, 7) is 0.132. The maximum Gasteiger partial charge on any atom is 0.235 e. The first kappa shape index (κ1) is 18.2. The largest absolute Gasteiger partial charge is 0.352 e. The number of carbonyl (C=O) groups is 1. The molecule has 0 radical (unpaired) electrons. The molecule has 1 amide bonds. The lowest BCUT2D eigenvalue weighted by molar-refractivity contribution is -0.122. The van der Waals surface area contributed by atoms with E-state index in [2.05, 4.69) is 5.32 Å². The summed E-state index contributed by atoms with van der Waals surface area (Å²) in [7, 11) is -3.43. The van der Waals surface area contributed by atoms with Gasteiger partial charge in [0.25, 0.3) is 0 Å². The monoisotopic (exact) mass is 358 g/mol. The van der Waals surface area contributed by atoms with E-state index in [1.165, 1.54) is 4.31 Å². The minimum absolute atomic E-state index is 0.129. The van der Waals surface area contributed by atoms with E-state index >= 15 is 0 Å². The molecule has 1 fully saturated rings. The number of amides is 1. The number of halogens is 1. The zero-order valence-electron chi connectivity index (χ0n) is 13.3. The highest BCUT2D eigenvalue weighted by atomic mass is 35.5. The molecule has 7 heteroatoms. The van der Waals surface area contributed by atoms with Gasteiger partial charge < -0.3 is 5.32 Å². The van der Waals surface area contributed by atoms with Crippen LogP contribution in [0.4, 0.5) is 0 Å². The van der Waals surface area contributed by atoms with Crippen molar-refractivity contribution in [3.05, 3.63) is 34.9 Å². The second kappa shape index (κ2) is 8.13. The van der Waals surface area contributed by atoms with Crippen LogP contribution in [0.1, 0.15) is 31.2 Å². The van der Waals surface area contributed by atoms with E-state index in [9.17, 15) is 13.2 Å². The number of nitrogens with one attached hydrogen (secondary N) is 1. The summed E-state index contributed by atoms with van der Waals surface area (Å²) < 4.78 is 25.0. The van der Waals surface area contributed by atoms with Gasteiger partial charge in [0.05, 0.1) is 12.8 Å². The van der Waals surface area contributed by atoms with Crippen molar-refractivity contribution in [3.8, 4) is 0 Å². The van der Waals surface area contributed by atoms with Crippen molar-refractivity contribution in [2.75, 3.05) is 19.3 Å². The summed E-state index contributed by atoms with van der Waals surface area (Å²) in [5.74, 6) is -0.228. The van der Waals surface area contributed by atoms with Crippen LogP contribution in [-0.4, -0.2) is 44.0 Å². The van der Waals surface area contributed by atoms with Gasteiger partial charge in [-0.15, -0.1) is 0 Å². The summed E-state index contributed by atoms with van der Waals surface area (Å²) in [5.41, 5.74) is 0.947. The summed E-state index contributed by atoms with van der Waals surface area (Å²) in [4.78, 5) is 12.1. The molecule has 0 spiro atoms. The Hall–Kier alpha value is -1.11. The van der Waals surface area contributed by atoms with Gasteiger partial charge in [-0.2, -0.15) is 4.31 Å². The number of nitrogens with zero attached hydrogens (tertiary/aromatic N) is 1. The van der Waals surface area contributed by atoms with Crippen LogP contribution in [0.25, 0.3) is 0 Å². The minimum atomic E-state index is -3.43. The lowest BCUT2D eigenvalue weighted by atomic mass is 10.1. The number of benzene rings is 1. The van der Waals surface area contributed by atoms with Crippen LogP contribution in [-0.2, 0) is 21.2 Å². The first-order valence-electron chi connectivity index (χ1n) is 7.83. The Morgan fingerprint density at radius 3 is 2.65 bits per heavy atom. The number of hydrogen-bond acceptors (Lipinski definition) is 3. The standard InChI is InChI=1S/C16H23ClN2O3S/c1-23(21,22)19(10-9-13-5-4-6-14(17)11-13)12-16(20)18-15-7-2-3-8-15/h4-6,11,15H,2-3,7-10,12H2,1H3,(H,18,20). The summed E-state index contributed by atoms with van der Waals surface area (Å²) in [5, 5.41) is 3.54. The number of rotatable bonds is 7. The maximum absolute atomic E-state index is 12.1. The normalized spacial score (nSPS) is 16.0. The first-order chi connectivity index (χ1) is 10.8. The summed E-state index contributed by atoms with van der Waals surface area (Å²) >= 11 is 5.93. The van der Waals surface area contributed by atoms with Crippen molar-refractivity contribution in [1.82, 2.24) is 9.62 Å². The molecule has 1 N–H and O–H groups in total. The summed E-state index contributed by atoms with van der Waals surface area (Å²) in [6.07, 6.45) is 5.85. The average Bonchev–Trinajstić information content (AvgIpc) is 2.95. The lowest BCUT2D eigenvalue weighted by Crippen LogP contribution is -2.43. The van der Waals surface area contributed by atoms with Crippen LogP contribution < -0.4 is 5.32 Å². The van der Waals surface area contributed by atoms with Gasteiger partial charge in [0.2, 0.25) is 15.9 Å². The summed E-state index contributed by atoms with van der Waals surface area (Å²) in [6, 6.07) is 7.49. The molecule has 0 unspecified atom stereocenters. The molecule has 1 saturated carbocycles. The quantitative estimate of drug-likeness (QED) is 0.812. The third-order valence-corrected chi connectivity index (χ3v) is 5.53. The Balaban J connectivity index is 1.92. The molecule has 0 aromatic heterocycles. The highest BCUT2D eigenvalue weighted by molar-refractivity contribution is 7.88. The van der Waals surface area contributed by atoms with Crippen molar-refractivity contribution in [1.29, 1.82) is 0 Å². The van der Waals surface area contributed by atoms with E-state index in [1.54, 1.807) is 12.1 Å². The Bertz CT molecular complexity index is 642. The molecular formula is C16H23ClN2O3S. The second-order valence-electron chi connectivity index (χ2n) is 6.03. The van der Waals surface area contributed by atoms with Crippen molar-refractivity contribution >= 4 is 27.5 Å². The predicted octanol–water partition coefficient (Wildman–Crippen LogP) is 2.20. The Morgan fingerprint density at radius 2 is 2.04 bits per heavy atom. The molecule has 0 saturated heterocycles. The topological polar surface area (TPSA) is 66.5 Å². The Morgan fingerprint density at radius 1 is 1.35 bits per heavy atom. The van der Waals surface area contributed by atoms with Crippen molar-refractivity contribution in [2.24, 2.45) is 0 Å². The van der Waals surface area contributed by atoms with E-state index in [1.807, 2.05) is 12.1 Å². The van der Waals surface area contributed by atoms with Gasteiger partial charge in [-0.1, -0.05) is 36.6 Å². The van der Waals surface area contributed by atoms with Crippen LogP contribution in [0.3, 0.4) is 0 Å². The predicted molar refractivity (Wildman–Crippen MR) is 92.0 cm³/mol. The van der Waals surface area contributed by atoms with E-state index in [0.29, 0.717) is 11.4 Å².